The summed E-state index contributed by atoms with van der Waals surface area (Å²) in [5, 5.41) is 0. The maximum Gasteiger partial charge on any atom is 0.103 e. The van der Waals surface area contributed by atoms with Crippen molar-refractivity contribution in [2.24, 2.45) is 5.92 Å². The molecule has 0 N–H and O–H groups in total. The molecule has 0 aliphatic carbocycles. The molecule has 2 rings (SSSR count). The zero-order valence-corrected chi connectivity index (χ0v) is 10.5. The van der Waals surface area contributed by atoms with Crippen LogP contribution in [0.3, 0.4) is 0 Å². The van der Waals surface area contributed by atoms with Gasteiger partial charge in [0.1, 0.15) is 5.60 Å². The first-order valence-electron chi connectivity index (χ1n) is 5.98. The molecule has 0 unspecified atom stereocenters. The van der Waals surface area contributed by atoms with E-state index >= 15 is 0 Å². The molecule has 0 radical (unpaired) electrons. The third kappa shape index (κ3) is 1.62. The van der Waals surface area contributed by atoms with Gasteiger partial charge in [0.2, 0.25) is 0 Å². The van der Waals surface area contributed by atoms with Crippen molar-refractivity contribution in [2.45, 2.75) is 37.9 Å². The molecular formula is C13H22O3. The normalized spacial score (nSPS) is 43.4. The molecular weight excluding hydrogens is 204 g/mol. The van der Waals surface area contributed by atoms with Crippen molar-refractivity contribution in [3.05, 3.63) is 12.2 Å². The SMILES string of the molecule is C=C1CCO[C@@]2(C)[C@@H]1CO[C@@]2(C)CCOC. The molecule has 2 fully saturated rings. The summed E-state index contributed by atoms with van der Waals surface area (Å²) in [7, 11) is 1.72. The minimum absolute atomic E-state index is 0.235. The number of methoxy groups -OCH3 is 1. The van der Waals surface area contributed by atoms with Crippen molar-refractivity contribution in [3.8, 4) is 0 Å². The van der Waals surface area contributed by atoms with Gasteiger partial charge in [0.15, 0.2) is 0 Å². The second kappa shape index (κ2) is 4.13. The highest BCUT2D eigenvalue weighted by Gasteiger charge is 2.58. The second-order valence-electron chi connectivity index (χ2n) is 5.20. The van der Waals surface area contributed by atoms with Gasteiger partial charge in [-0.25, -0.2) is 0 Å². The van der Waals surface area contributed by atoms with Crippen molar-refractivity contribution >= 4 is 0 Å². The van der Waals surface area contributed by atoms with E-state index in [1.165, 1.54) is 5.57 Å². The van der Waals surface area contributed by atoms with Crippen LogP contribution < -0.4 is 0 Å². The van der Waals surface area contributed by atoms with E-state index in [1.807, 2.05) is 0 Å². The molecule has 0 saturated carbocycles. The van der Waals surface area contributed by atoms with E-state index in [0.717, 1.165) is 26.1 Å². The maximum absolute atomic E-state index is 6.03. The fourth-order valence-corrected chi connectivity index (χ4v) is 2.88. The molecule has 16 heavy (non-hydrogen) atoms. The summed E-state index contributed by atoms with van der Waals surface area (Å²) in [6.45, 7) is 10.6. The molecule has 2 aliphatic rings. The molecule has 3 nitrogen and oxygen atoms in total. The number of rotatable bonds is 3. The maximum atomic E-state index is 6.03. The Balaban J connectivity index is 2.20. The summed E-state index contributed by atoms with van der Waals surface area (Å²) in [4.78, 5) is 0. The largest absolute Gasteiger partial charge is 0.385 e. The highest BCUT2D eigenvalue weighted by Crippen LogP contribution is 2.50. The molecule has 92 valence electrons. The lowest BCUT2D eigenvalue weighted by Crippen LogP contribution is -2.54. The van der Waals surface area contributed by atoms with E-state index in [4.69, 9.17) is 14.2 Å². The first-order chi connectivity index (χ1) is 7.53. The van der Waals surface area contributed by atoms with E-state index < -0.39 is 0 Å². The second-order valence-corrected chi connectivity index (χ2v) is 5.20. The third-order valence-corrected chi connectivity index (χ3v) is 4.38. The first kappa shape index (κ1) is 12.1. The first-order valence-corrected chi connectivity index (χ1v) is 5.98. The van der Waals surface area contributed by atoms with E-state index in [-0.39, 0.29) is 11.2 Å². The van der Waals surface area contributed by atoms with Gasteiger partial charge in [-0.1, -0.05) is 12.2 Å². The van der Waals surface area contributed by atoms with Gasteiger partial charge < -0.3 is 14.2 Å². The van der Waals surface area contributed by atoms with Crippen molar-refractivity contribution in [1.29, 1.82) is 0 Å². The standard InChI is InChI=1S/C13H22O3/c1-10-5-7-15-13(3)11(10)9-16-12(13,2)6-8-14-4/h11H,1,5-9H2,2-4H3/t11-,12+,13+/m1/s1. The van der Waals surface area contributed by atoms with Gasteiger partial charge in [-0.3, -0.25) is 0 Å². The van der Waals surface area contributed by atoms with Gasteiger partial charge >= 0.3 is 0 Å². The molecule has 0 aromatic rings. The minimum atomic E-state index is -0.253. The minimum Gasteiger partial charge on any atom is -0.385 e. The molecule has 2 saturated heterocycles. The quantitative estimate of drug-likeness (QED) is 0.690. The summed E-state index contributed by atoms with van der Waals surface area (Å²) >= 11 is 0. The number of ether oxygens (including phenoxy) is 3. The van der Waals surface area contributed by atoms with Crippen LogP contribution in [0.1, 0.15) is 26.7 Å². The topological polar surface area (TPSA) is 27.7 Å². The van der Waals surface area contributed by atoms with Gasteiger partial charge in [0.25, 0.3) is 0 Å². The van der Waals surface area contributed by atoms with Crippen molar-refractivity contribution in [2.75, 3.05) is 26.9 Å². The summed E-state index contributed by atoms with van der Waals surface area (Å²) in [6, 6.07) is 0. The molecule has 3 heteroatoms. The Morgan fingerprint density at radius 3 is 2.88 bits per heavy atom. The van der Waals surface area contributed by atoms with E-state index in [2.05, 4.69) is 20.4 Å². The van der Waals surface area contributed by atoms with Crippen LogP contribution in [-0.4, -0.2) is 38.1 Å². The van der Waals surface area contributed by atoms with Crippen LogP contribution in [-0.2, 0) is 14.2 Å². The van der Waals surface area contributed by atoms with E-state index in [1.54, 1.807) is 7.11 Å². The van der Waals surface area contributed by atoms with Crippen LogP contribution in [0.15, 0.2) is 12.2 Å². The van der Waals surface area contributed by atoms with Crippen LogP contribution in [0.5, 0.6) is 0 Å². The van der Waals surface area contributed by atoms with Crippen molar-refractivity contribution in [3.63, 3.8) is 0 Å². The predicted octanol–water partition coefficient (Wildman–Crippen LogP) is 2.16. The Kier molecular flexibility index (Phi) is 3.12. The molecule has 2 heterocycles. The molecule has 3 atom stereocenters. The average Bonchev–Trinajstić information content (AvgIpc) is 2.51. The summed E-state index contributed by atoms with van der Waals surface area (Å²) in [5.74, 6) is 0.336. The summed E-state index contributed by atoms with van der Waals surface area (Å²) in [5.41, 5.74) is 0.785. The Morgan fingerprint density at radius 1 is 1.44 bits per heavy atom. The molecule has 0 bridgehead atoms. The van der Waals surface area contributed by atoms with Crippen molar-refractivity contribution < 1.29 is 14.2 Å². The molecule has 0 aromatic carbocycles. The zero-order valence-electron chi connectivity index (χ0n) is 10.5. The fraction of sp³-hybridized carbons (Fsp3) is 0.846. The monoisotopic (exact) mass is 226 g/mol. The average molecular weight is 226 g/mol. The Morgan fingerprint density at radius 2 is 2.19 bits per heavy atom. The van der Waals surface area contributed by atoms with Gasteiger partial charge in [-0.15, -0.1) is 0 Å². The molecule has 0 aromatic heterocycles. The van der Waals surface area contributed by atoms with Crippen LogP contribution >= 0.6 is 0 Å². The van der Waals surface area contributed by atoms with E-state index in [0.29, 0.717) is 12.5 Å². The third-order valence-electron chi connectivity index (χ3n) is 4.38. The molecule has 2 aliphatic heterocycles. The van der Waals surface area contributed by atoms with E-state index in [9.17, 15) is 0 Å². The van der Waals surface area contributed by atoms with Gasteiger partial charge in [-0.2, -0.15) is 0 Å². The van der Waals surface area contributed by atoms with Gasteiger partial charge in [-0.05, 0) is 20.3 Å². The smallest absolute Gasteiger partial charge is 0.103 e. The predicted molar refractivity (Wildman–Crippen MR) is 62.5 cm³/mol. The number of hydrogen-bond acceptors (Lipinski definition) is 3. The Bertz CT molecular complexity index is 289. The van der Waals surface area contributed by atoms with Crippen LogP contribution in [0, 0.1) is 5.92 Å². The fourth-order valence-electron chi connectivity index (χ4n) is 2.88. The summed E-state index contributed by atoms with van der Waals surface area (Å²) in [6.07, 6.45) is 1.83. The lowest BCUT2D eigenvalue weighted by atomic mass is 9.72. The number of fused-ring (bicyclic) bond motifs is 1. The van der Waals surface area contributed by atoms with Gasteiger partial charge in [0.05, 0.1) is 18.8 Å². The molecule has 0 spiro atoms. The van der Waals surface area contributed by atoms with Crippen LogP contribution in [0.25, 0.3) is 0 Å². The highest BCUT2D eigenvalue weighted by molar-refractivity contribution is 5.19. The van der Waals surface area contributed by atoms with Crippen LogP contribution in [0.4, 0.5) is 0 Å². The molecule has 0 amide bonds. The summed E-state index contributed by atoms with van der Waals surface area (Å²) < 4.78 is 17.2. The Labute approximate surface area is 97.8 Å². The highest BCUT2D eigenvalue weighted by atomic mass is 16.6. The van der Waals surface area contributed by atoms with Crippen molar-refractivity contribution in [1.82, 2.24) is 0 Å². The zero-order chi connectivity index (χ0) is 11.8. The Hall–Kier alpha value is -0.380. The lowest BCUT2D eigenvalue weighted by Gasteiger charge is -2.45. The van der Waals surface area contributed by atoms with Gasteiger partial charge in [0, 0.05) is 26.1 Å². The van der Waals surface area contributed by atoms with Crippen LogP contribution in [0.2, 0.25) is 0 Å². The number of hydrogen-bond donors (Lipinski definition) is 0. The lowest BCUT2D eigenvalue weighted by molar-refractivity contribution is -0.159.